The number of amides is 2. The van der Waals surface area contributed by atoms with Crippen molar-refractivity contribution >= 4 is 44.2 Å². The molecule has 3 aromatic rings. The molecule has 1 aliphatic heterocycles. The van der Waals surface area contributed by atoms with Crippen molar-refractivity contribution in [3.8, 4) is 22.1 Å². The predicted molar refractivity (Wildman–Crippen MR) is 125 cm³/mol. The van der Waals surface area contributed by atoms with E-state index in [1.807, 2.05) is 38.1 Å². The lowest BCUT2D eigenvalue weighted by Gasteiger charge is -2.23. The lowest BCUT2D eigenvalue weighted by molar-refractivity contribution is -0.119. The van der Waals surface area contributed by atoms with E-state index in [4.69, 9.17) is 9.47 Å². The molecule has 2 N–H and O–H groups in total. The van der Waals surface area contributed by atoms with Gasteiger partial charge in [0.15, 0.2) is 11.5 Å². The van der Waals surface area contributed by atoms with Crippen LogP contribution in [0.1, 0.15) is 30.6 Å². The van der Waals surface area contributed by atoms with Crippen LogP contribution in [0.25, 0.3) is 10.6 Å². The molecule has 8 nitrogen and oxygen atoms in total. The molecule has 0 spiro atoms. The van der Waals surface area contributed by atoms with E-state index in [9.17, 15) is 9.59 Å². The van der Waals surface area contributed by atoms with Crippen LogP contribution in [0.15, 0.2) is 46.9 Å². The molecule has 0 aliphatic carbocycles. The van der Waals surface area contributed by atoms with Crippen molar-refractivity contribution in [1.82, 2.24) is 15.5 Å². The summed E-state index contributed by atoms with van der Waals surface area (Å²) in [4.78, 5) is 25.9. The van der Waals surface area contributed by atoms with Gasteiger partial charge in [0, 0.05) is 15.6 Å². The number of nitrogens with zero attached hydrogens (tertiary/aromatic N) is 2. The molecule has 1 aliphatic rings. The maximum atomic E-state index is 13.0. The van der Waals surface area contributed by atoms with E-state index in [2.05, 4.69) is 36.8 Å². The van der Waals surface area contributed by atoms with E-state index in [1.54, 1.807) is 18.2 Å². The average molecular weight is 517 g/mol. The van der Waals surface area contributed by atoms with Crippen molar-refractivity contribution in [3.05, 3.63) is 52.5 Å². The predicted octanol–water partition coefficient (Wildman–Crippen LogP) is 4.48. The number of carbonyl (C=O) groups is 2. The Morgan fingerprint density at radius 2 is 1.97 bits per heavy atom. The number of nitrogens with one attached hydrogen (secondary N) is 2. The highest BCUT2D eigenvalue weighted by Crippen LogP contribution is 2.32. The van der Waals surface area contributed by atoms with E-state index < -0.39 is 6.04 Å². The summed E-state index contributed by atoms with van der Waals surface area (Å²) in [7, 11) is 0. The maximum Gasteiger partial charge on any atom is 0.252 e. The largest absolute Gasteiger partial charge is 0.454 e. The lowest BCUT2D eigenvalue weighted by Crippen LogP contribution is -2.47. The summed E-state index contributed by atoms with van der Waals surface area (Å²) in [5, 5.41) is 14.9. The van der Waals surface area contributed by atoms with Crippen molar-refractivity contribution in [2.45, 2.75) is 26.3 Å². The number of ether oxygens (including phenoxy) is 2. The molecule has 0 saturated carbocycles. The number of fused-ring (bicyclic) bond motifs is 1. The first-order chi connectivity index (χ1) is 15.4. The van der Waals surface area contributed by atoms with Gasteiger partial charge in [-0.25, -0.2) is 0 Å². The molecule has 2 atom stereocenters. The second-order valence-corrected chi connectivity index (χ2v) is 9.21. The Morgan fingerprint density at radius 3 is 2.75 bits per heavy atom. The first-order valence-electron chi connectivity index (χ1n) is 10.1. The molecule has 166 valence electrons. The Kier molecular flexibility index (Phi) is 6.71. The normalized spacial score (nSPS) is 14.0. The molecule has 0 saturated heterocycles. The zero-order chi connectivity index (χ0) is 22.7. The number of rotatable bonds is 7. The summed E-state index contributed by atoms with van der Waals surface area (Å²) in [5.74, 6) is 0.304. The highest BCUT2D eigenvalue weighted by Gasteiger charge is 2.28. The van der Waals surface area contributed by atoms with Gasteiger partial charge >= 0.3 is 0 Å². The molecular weight excluding hydrogens is 496 g/mol. The highest BCUT2D eigenvalue weighted by molar-refractivity contribution is 9.10. The fourth-order valence-corrected chi connectivity index (χ4v) is 4.30. The van der Waals surface area contributed by atoms with Crippen molar-refractivity contribution in [2.24, 2.45) is 5.92 Å². The number of benzene rings is 2. The molecule has 0 bridgehead atoms. The van der Waals surface area contributed by atoms with Gasteiger partial charge in [-0.2, -0.15) is 0 Å². The Labute approximate surface area is 197 Å². The van der Waals surface area contributed by atoms with Crippen LogP contribution < -0.4 is 20.1 Å². The van der Waals surface area contributed by atoms with Gasteiger partial charge in [0.2, 0.25) is 17.8 Å². The van der Waals surface area contributed by atoms with Crippen molar-refractivity contribution < 1.29 is 19.1 Å². The Morgan fingerprint density at radius 1 is 1.16 bits per heavy atom. The molecule has 2 heterocycles. The molecule has 32 heavy (non-hydrogen) atoms. The van der Waals surface area contributed by atoms with Crippen LogP contribution in [0.5, 0.6) is 11.5 Å². The summed E-state index contributed by atoms with van der Waals surface area (Å²) in [6.07, 6.45) is 0.707. The number of halogens is 1. The minimum atomic E-state index is -0.740. The standard InChI is InChI=1S/C22H21BrN4O4S/c1-3-12(2)18(24-19(28)13-7-8-16-17(10-13)31-11-30-16)20(29)25-22-27-26-21(32-22)14-5-4-6-15(23)9-14/h4-10,12,18H,3,11H2,1-2H3,(H,24,28)(H,25,27,29)/t12-,18-/m0/s1. The zero-order valence-corrected chi connectivity index (χ0v) is 19.8. The quantitative estimate of drug-likeness (QED) is 0.479. The fraction of sp³-hybridized carbons (Fsp3) is 0.273. The third-order valence-corrected chi connectivity index (χ3v) is 6.52. The summed E-state index contributed by atoms with van der Waals surface area (Å²) in [6.45, 7) is 4.01. The van der Waals surface area contributed by atoms with Gasteiger partial charge in [-0.15, -0.1) is 10.2 Å². The number of hydrogen-bond donors (Lipinski definition) is 2. The molecule has 1 aromatic heterocycles. The van der Waals surface area contributed by atoms with Crippen molar-refractivity contribution in [2.75, 3.05) is 12.1 Å². The van der Waals surface area contributed by atoms with Crippen LogP contribution in [0, 0.1) is 5.92 Å². The van der Waals surface area contributed by atoms with Gasteiger partial charge < -0.3 is 14.8 Å². The van der Waals surface area contributed by atoms with Gasteiger partial charge in [-0.3, -0.25) is 14.9 Å². The van der Waals surface area contributed by atoms with Crippen LogP contribution in [0.2, 0.25) is 0 Å². The van der Waals surface area contributed by atoms with Crippen LogP contribution in [-0.2, 0) is 4.79 Å². The molecule has 10 heteroatoms. The Hall–Kier alpha value is -2.98. The molecule has 2 amide bonds. The Balaban J connectivity index is 1.47. The topological polar surface area (TPSA) is 102 Å². The number of anilines is 1. The summed E-state index contributed by atoms with van der Waals surface area (Å²) >= 11 is 4.71. The highest BCUT2D eigenvalue weighted by atomic mass is 79.9. The van der Waals surface area contributed by atoms with Crippen LogP contribution in [0.3, 0.4) is 0 Å². The van der Waals surface area contributed by atoms with E-state index >= 15 is 0 Å². The monoisotopic (exact) mass is 516 g/mol. The smallest absolute Gasteiger partial charge is 0.252 e. The molecule has 2 aromatic carbocycles. The maximum absolute atomic E-state index is 13.0. The summed E-state index contributed by atoms with van der Waals surface area (Å²) in [6, 6.07) is 11.9. The first-order valence-corrected chi connectivity index (χ1v) is 11.7. The third kappa shape index (κ3) is 4.91. The first kappa shape index (κ1) is 22.2. The molecule has 0 radical (unpaired) electrons. The zero-order valence-electron chi connectivity index (χ0n) is 17.4. The second kappa shape index (κ2) is 9.66. The SMILES string of the molecule is CC[C@H](C)[C@H](NC(=O)c1ccc2c(c1)OCO2)C(=O)Nc1nnc(-c2cccc(Br)c2)s1. The number of aromatic nitrogens is 2. The fourth-order valence-electron chi connectivity index (χ4n) is 3.16. The molecular formula is C22H21BrN4O4S. The van der Waals surface area contributed by atoms with Gasteiger partial charge in [-0.1, -0.05) is 59.7 Å². The van der Waals surface area contributed by atoms with E-state index in [1.165, 1.54) is 11.3 Å². The molecule has 0 unspecified atom stereocenters. The minimum Gasteiger partial charge on any atom is -0.454 e. The van der Waals surface area contributed by atoms with E-state index in [-0.39, 0.29) is 24.5 Å². The third-order valence-electron chi connectivity index (χ3n) is 5.14. The van der Waals surface area contributed by atoms with Gasteiger partial charge in [0.05, 0.1) is 0 Å². The Bertz CT molecular complexity index is 1150. The van der Waals surface area contributed by atoms with Crippen LogP contribution >= 0.6 is 27.3 Å². The van der Waals surface area contributed by atoms with E-state index in [0.717, 1.165) is 10.0 Å². The number of carbonyl (C=O) groups excluding carboxylic acids is 2. The number of hydrogen-bond acceptors (Lipinski definition) is 7. The molecule has 4 rings (SSSR count). The van der Waals surface area contributed by atoms with Crippen LogP contribution in [0.4, 0.5) is 5.13 Å². The second-order valence-electron chi connectivity index (χ2n) is 7.32. The van der Waals surface area contributed by atoms with E-state index in [0.29, 0.717) is 33.6 Å². The van der Waals surface area contributed by atoms with Gasteiger partial charge in [-0.05, 0) is 36.2 Å². The average Bonchev–Trinajstić information content (AvgIpc) is 3.45. The summed E-state index contributed by atoms with van der Waals surface area (Å²) in [5.41, 5.74) is 1.29. The van der Waals surface area contributed by atoms with Crippen LogP contribution in [-0.4, -0.2) is 34.8 Å². The minimum absolute atomic E-state index is 0.0922. The van der Waals surface area contributed by atoms with Gasteiger partial charge in [0.25, 0.3) is 5.91 Å². The van der Waals surface area contributed by atoms with Crippen molar-refractivity contribution in [3.63, 3.8) is 0 Å². The van der Waals surface area contributed by atoms with Crippen molar-refractivity contribution in [1.29, 1.82) is 0 Å². The summed E-state index contributed by atoms with van der Waals surface area (Å²) < 4.78 is 11.5. The van der Waals surface area contributed by atoms with Gasteiger partial charge in [0.1, 0.15) is 11.0 Å². The lowest BCUT2D eigenvalue weighted by atomic mass is 9.98. The molecule has 0 fully saturated rings.